The van der Waals surface area contributed by atoms with Gasteiger partial charge in [-0.15, -0.1) is 0 Å². The minimum atomic E-state index is -0.393. The first kappa shape index (κ1) is 18.0. The SMILES string of the molecule is Cc1cc(C)n(CCNC(=O)C2(c3ccccc3)CC23CCCC3)c(=O)n1. The molecule has 2 fully saturated rings. The quantitative estimate of drug-likeness (QED) is 0.886. The number of nitrogens with zero attached hydrogens (tertiary/aromatic N) is 2. The number of carbonyl (C=O) groups is 1. The molecule has 1 aromatic heterocycles. The van der Waals surface area contributed by atoms with Crippen molar-refractivity contribution < 1.29 is 4.79 Å². The first-order chi connectivity index (χ1) is 13.0. The molecule has 1 spiro atoms. The van der Waals surface area contributed by atoms with E-state index in [9.17, 15) is 9.59 Å². The van der Waals surface area contributed by atoms with Crippen LogP contribution in [0.5, 0.6) is 0 Å². The van der Waals surface area contributed by atoms with Crippen LogP contribution in [0.1, 0.15) is 49.1 Å². The van der Waals surface area contributed by atoms with E-state index in [-0.39, 0.29) is 17.0 Å². The Hall–Kier alpha value is -2.43. The van der Waals surface area contributed by atoms with Crippen molar-refractivity contribution in [3.8, 4) is 0 Å². The van der Waals surface area contributed by atoms with Crippen molar-refractivity contribution in [2.24, 2.45) is 5.41 Å². The molecule has 1 unspecified atom stereocenters. The fraction of sp³-hybridized carbons (Fsp3) is 0.500. The van der Waals surface area contributed by atoms with E-state index in [1.54, 1.807) is 4.57 Å². The molecule has 2 saturated carbocycles. The molecule has 0 saturated heterocycles. The monoisotopic (exact) mass is 365 g/mol. The summed E-state index contributed by atoms with van der Waals surface area (Å²) in [4.78, 5) is 29.4. The summed E-state index contributed by atoms with van der Waals surface area (Å²) in [6.07, 6.45) is 5.64. The first-order valence-electron chi connectivity index (χ1n) is 9.87. The van der Waals surface area contributed by atoms with Gasteiger partial charge in [-0.05, 0) is 50.2 Å². The lowest BCUT2D eigenvalue weighted by molar-refractivity contribution is -0.124. The van der Waals surface area contributed by atoms with Crippen molar-refractivity contribution in [3.05, 3.63) is 63.8 Å². The molecular formula is C22H27N3O2. The normalized spacial score (nSPS) is 22.7. The van der Waals surface area contributed by atoms with E-state index in [4.69, 9.17) is 0 Å². The van der Waals surface area contributed by atoms with E-state index >= 15 is 0 Å². The smallest absolute Gasteiger partial charge is 0.348 e. The van der Waals surface area contributed by atoms with Gasteiger partial charge >= 0.3 is 5.69 Å². The Labute approximate surface area is 159 Å². The third-order valence-corrected chi connectivity index (χ3v) is 6.57. The lowest BCUT2D eigenvalue weighted by Crippen LogP contribution is -2.41. The Kier molecular flexibility index (Phi) is 4.41. The summed E-state index contributed by atoms with van der Waals surface area (Å²) >= 11 is 0. The number of nitrogens with one attached hydrogen (secondary N) is 1. The number of hydrogen-bond donors (Lipinski definition) is 1. The van der Waals surface area contributed by atoms with Crippen molar-refractivity contribution in [2.75, 3.05) is 6.54 Å². The van der Waals surface area contributed by atoms with Gasteiger partial charge in [0.1, 0.15) is 0 Å². The number of amides is 1. The van der Waals surface area contributed by atoms with E-state index in [0.717, 1.165) is 36.2 Å². The van der Waals surface area contributed by atoms with E-state index in [1.165, 1.54) is 12.8 Å². The highest BCUT2D eigenvalue weighted by Crippen LogP contribution is 2.72. The average Bonchev–Trinajstić information content (AvgIpc) is 3.05. The van der Waals surface area contributed by atoms with Crippen LogP contribution in [-0.4, -0.2) is 22.0 Å². The second kappa shape index (κ2) is 6.63. The van der Waals surface area contributed by atoms with Gasteiger partial charge in [0.25, 0.3) is 0 Å². The molecule has 0 bridgehead atoms. The molecule has 1 N–H and O–H groups in total. The minimum absolute atomic E-state index is 0.112. The van der Waals surface area contributed by atoms with Gasteiger partial charge in [-0.25, -0.2) is 4.79 Å². The highest BCUT2D eigenvalue weighted by Gasteiger charge is 2.72. The molecule has 2 aliphatic carbocycles. The van der Waals surface area contributed by atoms with Crippen molar-refractivity contribution >= 4 is 5.91 Å². The molecular weight excluding hydrogens is 338 g/mol. The van der Waals surface area contributed by atoms with Crippen LogP contribution in [0, 0.1) is 19.3 Å². The molecule has 1 aromatic carbocycles. The van der Waals surface area contributed by atoms with Crippen LogP contribution >= 0.6 is 0 Å². The summed E-state index contributed by atoms with van der Waals surface area (Å²) in [5, 5.41) is 3.13. The fourth-order valence-electron chi connectivity index (χ4n) is 5.18. The second-order valence-electron chi connectivity index (χ2n) is 8.16. The van der Waals surface area contributed by atoms with Crippen LogP contribution in [0.25, 0.3) is 0 Å². The standard InChI is InChI=1S/C22H27N3O2/c1-16-14-17(2)25(20(27)24-16)13-12-23-19(26)22(18-8-4-3-5-9-18)15-21(22)10-6-7-11-21/h3-5,8-9,14H,6-7,10-13,15H2,1-2H3,(H,23,26). The van der Waals surface area contributed by atoms with Gasteiger partial charge in [-0.1, -0.05) is 43.2 Å². The predicted molar refractivity (Wildman–Crippen MR) is 105 cm³/mol. The Bertz CT molecular complexity index is 913. The Morgan fingerprint density at radius 3 is 2.56 bits per heavy atom. The zero-order chi connectivity index (χ0) is 19.1. The zero-order valence-electron chi connectivity index (χ0n) is 16.1. The summed E-state index contributed by atoms with van der Waals surface area (Å²) in [5.41, 5.74) is 2.22. The van der Waals surface area contributed by atoms with E-state index < -0.39 is 5.41 Å². The van der Waals surface area contributed by atoms with Crippen LogP contribution in [0.4, 0.5) is 0 Å². The lowest BCUT2D eigenvalue weighted by atomic mass is 9.84. The molecule has 1 heterocycles. The summed E-state index contributed by atoms with van der Waals surface area (Å²) in [6, 6.07) is 12.1. The molecule has 5 nitrogen and oxygen atoms in total. The number of carbonyl (C=O) groups excluding carboxylic acids is 1. The van der Waals surface area contributed by atoms with Crippen LogP contribution in [0.2, 0.25) is 0 Å². The maximum Gasteiger partial charge on any atom is 0.348 e. The van der Waals surface area contributed by atoms with E-state index in [2.05, 4.69) is 22.4 Å². The van der Waals surface area contributed by atoms with Gasteiger partial charge in [0, 0.05) is 24.5 Å². The largest absolute Gasteiger partial charge is 0.354 e. The number of hydrogen-bond acceptors (Lipinski definition) is 3. The molecule has 2 aliphatic rings. The van der Waals surface area contributed by atoms with Crippen LogP contribution in [0.3, 0.4) is 0 Å². The Balaban J connectivity index is 1.51. The van der Waals surface area contributed by atoms with Gasteiger partial charge in [0.2, 0.25) is 5.91 Å². The van der Waals surface area contributed by atoms with Crippen LogP contribution in [0.15, 0.2) is 41.2 Å². The molecule has 0 radical (unpaired) electrons. The summed E-state index contributed by atoms with van der Waals surface area (Å²) in [6.45, 7) is 4.60. The maximum absolute atomic E-state index is 13.3. The Morgan fingerprint density at radius 1 is 1.19 bits per heavy atom. The van der Waals surface area contributed by atoms with Crippen molar-refractivity contribution in [3.63, 3.8) is 0 Å². The number of benzene rings is 1. The van der Waals surface area contributed by atoms with Gasteiger partial charge in [0.15, 0.2) is 0 Å². The van der Waals surface area contributed by atoms with Gasteiger partial charge in [0.05, 0.1) is 5.41 Å². The molecule has 27 heavy (non-hydrogen) atoms. The minimum Gasteiger partial charge on any atom is -0.354 e. The molecule has 1 atom stereocenters. The molecule has 4 rings (SSSR count). The topological polar surface area (TPSA) is 64.0 Å². The van der Waals surface area contributed by atoms with E-state index in [0.29, 0.717) is 13.1 Å². The third kappa shape index (κ3) is 2.89. The molecule has 2 aromatic rings. The van der Waals surface area contributed by atoms with Gasteiger partial charge in [-0.3, -0.25) is 9.36 Å². The predicted octanol–water partition coefficient (Wildman–Crippen LogP) is 2.88. The highest BCUT2D eigenvalue weighted by molar-refractivity contribution is 5.93. The van der Waals surface area contributed by atoms with Crippen molar-refractivity contribution in [1.82, 2.24) is 14.9 Å². The van der Waals surface area contributed by atoms with Crippen LogP contribution in [-0.2, 0) is 16.8 Å². The Morgan fingerprint density at radius 2 is 1.89 bits per heavy atom. The lowest BCUT2D eigenvalue weighted by Gasteiger charge is -2.23. The molecule has 142 valence electrons. The number of aromatic nitrogens is 2. The van der Waals surface area contributed by atoms with Crippen LogP contribution < -0.4 is 11.0 Å². The van der Waals surface area contributed by atoms with Crippen molar-refractivity contribution in [1.29, 1.82) is 0 Å². The second-order valence-corrected chi connectivity index (χ2v) is 8.16. The average molecular weight is 365 g/mol. The fourth-order valence-corrected chi connectivity index (χ4v) is 5.18. The first-order valence-corrected chi connectivity index (χ1v) is 9.87. The van der Waals surface area contributed by atoms with Gasteiger partial charge in [-0.2, -0.15) is 4.98 Å². The summed E-state index contributed by atoms with van der Waals surface area (Å²) in [7, 11) is 0. The zero-order valence-corrected chi connectivity index (χ0v) is 16.1. The van der Waals surface area contributed by atoms with E-state index in [1.807, 2.05) is 38.1 Å². The number of aryl methyl sites for hydroxylation is 2. The molecule has 5 heteroatoms. The van der Waals surface area contributed by atoms with Gasteiger partial charge < -0.3 is 5.32 Å². The third-order valence-electron chi connectivity index (χ3n) is 6.57. The molecule has 1 amide bonds. The van der Waals surface area contributed by atoms with Crippen molar-refractivity contribution in [2.45, 2.75) is 57.9 Å². The highest BCUT2D eigenvalue weighted by atomic mass is 16.2. The molecule has 0 aliphatic heterocycles. The maximum atomic E-state index is 13.3. The number of rotatable bonds is 5. The summed E-state index contributed by atoms with van der Waals surface area (Å²) in [5.74, 6) is 0.112. The summed E-state index contributed by atoms with van der Waals surface area (Å²) < 4.78 is 1.63.